The van der Waals surface area contributed by atoms with Gasteiger partial charge in [0.2, 0.25) is 0 Å². The highest BCUT2D eigenvalue weighted by molar-refractivity contribution is 5.77. The molecule has 0 aliphatic heterocycles. The lowest BCUT2D eigenvalue weighted by Gasteiger charge is -2.00. The van der Waals surface area contributed by atoms with Crippen LogP contribution in [0, 0.1) is 0 Å². The highest BCUT2D eigenvalue weighted by Crippen LogP contribution is 2.03. The molecule has 0 rings (SSSR count). The van der Waals surface area contributed by atoms with Crippen LogP contribution in [0.15, 0.2) is 12.2 Å². The number of quaternary nitrogens is 2. The summed E-state index contributed by atoms with van der Waals surface area (Å²) < 4.78 is 19.4. The lowest BCUT2D eigenvalue weighted by molar-refractivity contribution is -0.657. The molecule has 0 aliphatic rings. The van der Waals surface area contributed by atoms with E-state index in [1.807, 2.05) is 0 Å². The van der Waals surface area contributed by atoms with Crippen molar-refractivity contribution >= 4 is 11.9 Å². The number of aliphatic carboxylic acids is 2. The second-order valence-corrected chi connectivity index (χ2v) is 8.10. The van der Waals surface area contributed by atoms with Gasteiger partial charge in [-0.2, -0.15) is 0 Å². The van der Waals surface area contributed by atoms with Gasteiger partial charge in [-0.05, 0) is 25.3 Å². The summed E-state index contributed by atoms with van der Waals surface area (Å²) in [6.45, 7) is 11.6. The van der Waals surface area contributed by atoms with Gasteiger partial charge in [-0.1, -0.05) is 58.4 Å². The summed E-state index contributed by atoms with van der Waals surface area (Å²) in [5, 5.41) is 24.0. The van der Waals surface area contributed by atoms with Gasteiger partial charge in [-0.3, -0.25) is 0 Å². The molecule has 0 aliphatic carbocycles. The van der Waals surface area contributed by atoms with Crippen molar-refractivity contribution in [3.63, 3.8) is 0 Å². The SMILES string of the molecule is CCCCC=CC(=O)[O-].CCCCCCCC(=O)[O-].COCC[NH2+]CCOC.COCC[NH2+]CCOC. The molecule has 0 spiro atoms. The van der Waals surface area contributed by atoms with Crippen LogP contribution in [0.25, 0.3) is 0 Å². The quantitative estimate of drug-likeness (QED) is 0.135. The molecule has 0 heterocycles. The molecule has 0 unspecified atom stereocenters. The van der Waals surface area contributed by atoms with Gasteiger partial charge in [0.1, 0.15) is 0 Å². The molecule has 0 saturated heterocycles. The topological polar surface area (TPSA) is 150 Å². The number of methoxy groups -OCH3 is 4. The third kappa shape index (κ3) is 66.0. The largest absolute Gasteiger partial charge is 0.550 e. The third-order valence-electron chi connectivity index (χ3n) is 4.57. The van der Waals surface area contributed by atoms with E-state index in [2.05, 4.69) is 24.5 Å². The molecular weight excluding hydrogens is 480 g/mol. The number of carbonyl (C=O) groups is 2. The number of allylic oxidation sites excluding steroid dienone is 1. The van der Waals surface area contributed by atoms with Crippen molar-refractivity contribution in [3.05, 3.63) is 12.2 Å². The maximum atomic E-state index is 9.92. The highest BCUT2D eigenvalue weighted by Gasteiger charge is 1.89. The van der Waals surface area contributed by atoms with Crippen molar-refractivity contribution in [1.29, 1.82) is 0 Å². The number of carbonyl (C=O) groups excluding carboxylic acids is 2. The lowest BCUT2D eigenvalue weighted by atomic mass is 10.1. The van der Waals surface area contributed by atoms with Gasteiger partial charge in [0, 0.05) is 34.4 Å². The van der Waals surface area contributed by atoms with Gasteiger partial charge < -0.3 is 49.4 Å². The van der Waals surface area contributed by atoms with E-state index in [0.29, 0.717) is 0 Å². The fourth-order valence-electron chi connectivity index (χ4n) is 2.47. The van der Waals surface area contributed by atoms with Crippen molar-refractivity contribution in [2.45, 2.75) is 71.6 Å². The minimum atomic E-state index is -1.11. The fraction of sp³-hybridized carbons (Fsp3) is 0.852. The van der Waals surface area contributed by atoms with Gasteiger partial charge in [-0.15, -0.1) is 0 Å². The maximum absolute atomic E-state index is 9.92. The Hall–Kier alpha value is -1.56. The van der Waals surface area contributed by atoms with Crippen LogP contribution in [-0.2, 0) is 28.5 Å². The van der Waals surface area contributed by atoms with E-state index in [-0.39, 0.29) is 6.42 Å². The molecule has 0 atom stereocenters. The van der Waals surface area contributed by atoms with Crippen LogP contribution in [0.3, 0.4) is 0 Å². The zero-order valence-electron chi connectivity index (χ0n) is 24.6. The fourth-order valence-corrected chi connectivity index (χ4v) is 2.47. The number of carboxylic acids is 2. The first-order chi connectivity index (χ1) is 17.9. The maximum Gasteiger partial charge on any atom is 0.0993 e. The normalized spacial score (nSPS) is 10.0. The number of hydrogen-bond donors (Lipinski definition) is 2. The Morgan fingerprint density at radius 3 is 1.38 bits per heavy atom. The number of rotatable bonds is 22. The highest BCUT2D eigenvalue weighted by atomic mass is 16.5. The van der Waals surface area contributed by atoms with E-state index < -0.39 is 11.9 Å². The van der Waals surface area contributed by atoms with Crippen LogP contribution >= 0.6 is 0 Å². The molecule has 0 fully saturated rings. The first-order valence-corrected chi connectivity index (χ1v) is 13.5. The second-order valence-electron chi connectivity index (χ2n) is 8.10. The van der Waals surface area contributed by atoms with Crippen LogP contribution in [-0.4, -0.2) is 93.0 Å². The Morgan fingerprint density at radius 1 is 0.649 bits per heavy atom. The molecule has 37 heavy (non-hydrogen) atoms. The molecule has 10 nitrogen and oxygen atoms in total. The monoisotopic (exact) mass is 538 g/mol. The summed E-state index contributed by atoms with van der Waals surface area (Å²) in [5.74, 6) is -2.03. The Kier molecular flexibility index (Phi) is 51.1. The summed E-state index contributed by atoms with van der Waals surface area (Å²) in [6, 6.07) is 0. The predicted molar refractivity (Wildman–Crippen MR) is 143 cm³/mol. The third-order valence-corrected chi connectivity index (χ3v) is 4.57. The van der Waals surface area contributed by atoms with Gasteiger partial charge >= 0.3 is 0 Å². The first kappa shape index (κ1) is 42.5. The average Bonchev–Trinajstić information content (AvgIpc) is 2.87. The number of unbranched alkanes of at least 4 members (excludes halogenated alkanes) is 6. The molecule has 0 aromatic carbocycles. The van der Waals surface area contributed by atoms with Crippen LogP contribution in [0.5, 0.6) is 0 Å². The van der Waals surface area contributed by atoms with Crippen molar-refractivity contribution < 1.29 is 49.4 Å². The van der Waals surface area contributed by atoms with Gasteiger partial charge in [0.25, 0.3) is 0 Å². The van der Waals surface area contributed by atoms with E-state index in [1.54, 1.807) is 34.5 Å². The number of carboxylic acid groups (broad SMARTS) is 2. The van der Waals surface area contributed by atoms with Crippen molar-refractivity contribution in [1.82, 2.24) is 0 Å². The van der Waals surface area contributed by atoms with Crippen molar-refractivity contribution in [2.75, 3.05) is 81.0 Å². The standard InChI is InChI=1S/C8H16O2.C7H12O2.2C6H15NO2/c1-2-3-4-5-6-7-8(9)10;1-2-3-4-5-6-7(8)9;2*1-8-5-3-7-4-6-9-2/h2-7H2,1H3,(H,9,10);5-6H,2-4H2,1H3,(H,8,9);2*7H,3-6H2,1-2H3. The van der Waals surface area contributed by atoms with E-state index in [1.165, 1.54) is 12.8 Å². The molecular formula is C27H58N2O8. The van der Waals surface area contributed by atoms with Gasteiger partial charge in [0.15, 0.2) is 0 Å². The molecule has 10 heteroatoms. The van der Waals surface area contributed by atoms with Crippen LogP contribution in [0.2, 0.25) is 0 Å². The predicted octanol–water partition coefficient (Wildman–Crippen LogP) is -0.735. The van der Waals surface area contributed by atoms with E-state index in [9.17, 15) is 19.8 Å². The van der Waals surface area contributed by atoms with Crippen LogP contribution < -0.4 is 20.8 Å². The lowest BCUT2D eigenvalue weighted by Crippen LogP contribution is -2.86. The summed E-state index contributed by atoms with van der Waals surface area (Å²) >= 11 is 0. The van der Waals surface area contributed by atoms with Crippen molar-refractivity contribution in [2.24, 2.45) is 0 Å². The molecule has 224 valence electrons. The number of nitrogens with two attached hydrogens (primary N) is 2. The summed E-state index contributed by atoms with van der Waals surface area (Å²) in [6.07, 6.45) is 11.3. The second kappa shape index (κ2) is 44.4. The molecule has 0 radical (unpaired) electrons. The summed E-state index contributed by atoms with van der Waals surface area (Å²) in [5.41, 5.74) is 0. The van der Waals surface area contributed by atoms with Gasteiger partial charge in [-0.25, -0.2) is 0 Å². The molecule has 0 bridgehead atoms. The Labute approximate surface area is 226 Å². The molecule has 0 saturated carbocycles. The van der Waals surface area contributed by atoms with Gasteiger partial charge in [0.05, 0.1) is 58.6 Å². The smallest absolute Gasteiger partial charge is 0.0993 e. The van der Waals surface area contributed by atoms with E-state index >= 15 is 0 Å². The minimum Gasteiger partial charge on any atom is -0.550 e. The molecule has 0 aromatic rings. The number of hydrogen-bond acceptors (Lipinski definition) is 8. The molecule has 0 aromatic heterocycles. The van der Waals surface area contributed by atoms with E-state index in [0.717, 1.165) is 97.2 Å². The summed E-state index contributed by atoms with van der Waals surface area (Å²) in [7, 11) is 6.85. The van der Waals surface area contributed by atoms with Crippen LogP contribution in [0.4, 0.5) is 0 Å². The Morgan fingerprint density at radius 2 is 1.05 bits per heavy atom. The Bertz CT molecular complexity index is 426. The minimum absolute atomic E-state index is 0.226. The summed E-state index contributed by atoms with van der Waals surface area (Å²) in [4.78, 5) is 19.7. The Balaban J connectivity index is -0.000000196. The van der Waals surface area contributed by atoms with E-state index in [4.69, 9.17) is 18.9 Å². The van der Waals surface area contributed by atoms with Crippen LogP contribution in [0.1, 0.15) is 71.6 Å². The first-order valence-electron chi connectivity index (χ1n) is 13.5. The zero-order valence-corrected chi connectivity index (χ0v) is 24.6. The average molecular weight is 539 g/mol. The van der Waals surface area contributed by atoms with Crippen molar-refractivity contribution in [3.8, 4) is 0 Å². The number of ether oxygens (including phenoxy) is 4. The zero-order chi connectivity index (χ0) is 28.8. The molecule has 0 amide bonds. The molecule has 4 N–H and O–H groups in total.